The average Bonchev–Trinajstić information content (AvgIpc) is 3.01. The highest BCUT2D eigenvalue weighted by Crippen LogP contribution is 2.28. The molecule has 1 heterocycles. The lowest BCUT2D eigenvalue weighted by Gasteiger charge is -2.12. The zero-order valence-electron chi connectivity index (χ0n) is 16.2. The number of rotatable bonds is 8. The van der Waals surface area contributed by atoms with Gasteiger partial charge in [0.1, 0.15) is 4.88 Å². The van der Waals surface area contributed by atoms with Crippen LogP contribution in [0.3, 0.4) is 0 Å². The van der Waals surface area contributed by atoms with E-state index in [1.54, 1.807) is 26.8 Å². The summed E-state index contributed by atoms with van der Waals surface area (Å²) in [4.78, 5) is 24.8. The number of carbonyl (C=O) groups excluding carboxylic acids is 2. The van der Waals surface area contributed by atoms with Crippen molar-refractivity contribution < 1.29 is 22.7 Å². The summed E-state index contributed by atoms with van der Waals surface area (Å²) >= 11 is 1.13. The zero-order chi connectivity index (χ0) is 20.9. The first-order valence-corrected chi connectivity index (χ1v) is 11.2. The quantitative estimate of drug-likeness (QED) is 0.631. The van der Waals surface area contributed by atoms with Gasteiger partial charge in [-0.15, -0.1) is 11.3 Å². The summed E-state index contributed by atoms with van der Waals surface area (Å²) in [5.41, 5.74) is 1.03. The smallest absolute Gasteiger partial charge is 0.348 e. The zero-order valence-corrected chi connectivity index (χ0v) is 17.9. The van der Waals surface area contributed by atoms with Crippen LogP contribution in [-0.2, 0) is 14.8 Å². The molecule has 2 rings (SSSR count). The van der Waals surface area contributed by atoms with Crippen LogP contribution in [0.25, 0.3) is 0 Å². The number of hydrogen-bond donors (Lipinski definition) is 2. The van der Waals surface area contributed by atoms with Crippen LogP contribution in [0.4, 0.5) is 5.00 Å². The molecule has 1 unspecified atom stereocenters. The monoisotopic (exact) mass is 424 g/mol. The van der Waals surface area contributed by atoms with E-state index in [2.05, 4.69) is 10.0 Å². The van der Waals surface area contributed by atoms with E-state index in [9.17, 15) is 18.0 Å². The first-order valence-electron chi connectivity index (χ1n) is 8.89. The molecule has 0 bridgehead atoms. The average molecular weight is 425 g/mol. The molecule has 7 nitrogen and oxygen atoms in total. The van der Waals surface area contributed by atoms with Crippen LogP contribution >= 0.6 is 11.3 Å². The van der Waals surface area contributed by atoms with E-state index < -0.39 is 21.9 Å². The number of benzene rings is 1. The molecule has 28 heavy (non-hydrogen) atoms. The summed E-state index contributed by atoms with van der Waals surface area (Å²) in [6.45, 7) is 7.44. The maximum atomic E-state index is 12.4. The van der Waals surface area contributed by atoms with Gasteiger partial charge in [-0.05, 0) is 63.1 Å². The lowest BCUT2D eigenvalue weighted by Crippen LogP contribution is -2.32. The summed E-state index contributed by atoms with van der Waals surface area (Å²) in [5.74, 6) is -0.815. The molecule has 0 aliphatic carbocycles. The normalized spacial score (nSPS) is 12.4. The van der Waals surface area contributed by atoms with E-state index in [0.29, 0.717) is 21.9 Å². The van der Waals surface area contributed by atoms with Gasteiger partial charge < -0.3 is 10.1 Å². The highest BCUT2D eigenvalue weighted by molar-refractivity contribution is 7.89. The van der Waals surface area contributed by atoms with Gasteiger partial charge in [0, 0.05) is 11.6 Å². The van der Waals surface area contributed by atoms with Crippen molar-refractivity contribution in [3.63, 3.8) is 0 Å². The summed E-state index contributed by atoms with van der Waals surface area (Å²) in [5, 5.41) is 3.24. The summed E-state index contributed by atoms with van der Waals surface area (Å²) in [6, 6.07) is 7.21. The van der Waals surface area contributed by atoms with Crippen LogP contribution in [0.2, 0.25) is 0 Å². The minimum Gasteiger partial charge on any atom is -0.462 e. The number of anilines is 1. The second-order valence-electron chi connectivity index (χ2n) is 6.25. The van der Waals surface area contributed by atoms with Gasteiger partial charge in [-0.2, -0.15) is 0 Å². The summed E-state index contributed by atoms with van der Waals surface area (Å²) < 4.78 is 32.1. The number of thiophene rings is 1. The molecule has 0 spiro atoms. The highest BCUT2D eigenvalue weighted by Gasteiger charge is 2.19. The predicted octanol–water partition coefficient (Wildman–Crippen LogP) is 3.56. The van der Waals surface area contributed by atoms with Crippen LogP contribution in [-0.4, -0.2) is 32.9 Å². The number of aryl methyl sites for hydroxylation is 1. The van der Waals surface area contributed by atoms with Crippen LogP contribution in [0.5, 0.6) is 0 Å². The fraction of sp³-hybridized carbons (Fsp3) is 0.368. The Kier molecular flexibility index (Phi) is 7.34. The van der Waals surface area contributed by atoms with Crippen molar-refractivity contribution in [2.45, 2.75) is 45.1 Å². The van der Waals surface area contributed by atoms with Crippen molar-refractivity contribution in [2.75, 3.05) is 11.9 Å². The Morgan fingerprint density at radius 2 is 1.82 bits per heavy atom. The van der Waals surface area contributed by atoms with Gasteiger partial charge in [0.25, 0.3) is 5.91 Å². The standard InChI is InChI=1S/C19H24N2O5S2/c1-5-13(4)21-28(24,25)15-9-7-14(8-10-15)18(22)20-16-11-12(3)17(27-16)19(23)26-6-2/h7-11,13,21H,5-6H2,1-4H3,(H,20,22). The molecule has 9 heteroatoms. The van der Waals surface area contributed by atoms with E-state index in [1.165, 1.54) is 24.3 Å². The Balaban J connectivity index is 2.12. The van der Waals surface area contributed by atoms with Gasteiger partial charge in [-0.1, -0.05) is 6.92 Å². The predicted molar refractivity (Wildman–Crippen MR) is 109 cm³/mol. The van der Waals surface area contributed by atoms with Crippen LogP contribution in [0.1, 0.15) is 52.8 Å². The Hall–Kier alpha value is -2.23. The van der Waals surface area contributed by atoms with Gasteiger partial charge in [0.05, 0.1) is 16.5 Å². The molecule has 1 amide bonds. The molecule has 0 aliphatic heterocycles. The van der Waals surface area contributed by atoms with E-state index in [-0.39, 0.29) is 17.5 Å². The molecular weight excluding hydrogens is 400 g/mol. The lowest BCUT2D eigenvalue weighted by molar-refractivity contribution is 0.0531. The molecule has 0 saturated carbocycles. The maximum Gasteiger partial charge on any atom is 0.348 e. The minimum absolute atomic E-state index is 0.0981. The fourth-order valence-electron chi connectivity index (χ4n) is 2.33. The molecular formula is C19H24N2O5S2. The Labute approximate surface area is 169 Å². The molecule has 152 valence electrons. The van der Waals surface area contributed by atoms with Gasteiger partial charge in [0.2, 0.25) is 10.0 Å². The SMILES string of the molecule is CCOC(=O)c1sc(NC(=O)c2ccc(S(=O)(=O)NC(C)CC)cc2)cc1C. The van der Waals surface area contributed by atoms with Crippen molar-refractivity contribution >= 4 is 38.2 Å². The van der Waals surface area contributed by atoms with Crippen molar-refractivity contribution in [3.8, 4) is 0 Å². The second kappa shape index (κ2) is 9.31. The molecule has 1 aromatic carbocycles. The number of hydrogen-bond acceptors (Lipinski definition) is 6. The second-order valence-corrected chi connectivity index (χ2v) is 9.02. The van der Waals surface area contributed by atoms with Crippen molar-refractivity contribution in [2.24, 2.45) is 0 Å². The minimum atomic E-state index is -3.62. The largest absolute Gasteiger partial charge is 0.462 e. The van der Waals surface area contributed by atoms with Crippen molar-refractivity contribution in [1.29, 1.82) is 0 Å². The van der Waals surface area contributed by atoms with Crippen molar-refractivity contribution in [3.05, 3.63) is 46.3 Å². The fourth-order valence-corrected chi connectivity index (χ4v) is 4.62. The van der Waals surface area contributed by atoms with E-state index in [4.69, 9.17) is 4.74 Å². The van der Waals surface area contributed by atoms with Crippen LogP contribution in [0, 0.1) is 6.92 Å². The first-order chi connectivity index (χ1) is 13.2. The van der Waals surface area contributed by atoms with E-state index in [0.717, 1.165) is 16.9 Å². The van der Waals surface area contributed by atoms with Crippen LogP contribution < -0.4 is 10.0 Å². The number of nitrogens with one attached hydrogen (secondary N) is 2. The lowest BCUT2D eigenvalue weighted by atomic mass is 10.2. The number of carbonyl (C=O) groups is 2. The van der Waals surface area contributed by atoms with Gasteiger partial charge in [0.15, 0.2) is 0 Å². The maximum absolute atomic E-state index is 12.4. The topological polar surface area (TPSA) is 102 Å². The highest BCUT2D eigenvalue weighted by atomic mass is 32.2. The van der Waals surface area contributed by atoms with Crippen molar-refractivity contribution in [1.82, 2.24) is 4.72 Å². The molecule has 2 aromatic rings. The van der Waals surface area contributed by atoms with Crippen LogP contribution in [0.15, 0.2) is 35.2 Å². The molecule has 0 aliphatic rings. The van der Waals surface area contributed by atoms with Gasteiger partial charge >= 0.3 is 5.97 Å². The number of esters is 1. The summed E-state index contributed by atoms with van der Waals surface area (Å²) in [7, 11) is -3.62. The third-order valence-electron chi connectivity index (χ3n) is 4.01. The van der Waals surface area contributed by atoms with E-state index in [1.807, 2.05) is 6.92 Å². The number of ether oxygens (including phenoxy) is 1. The third kappa shape index (κ3) is 5.40. The molecule has 2 N–H and O–H groups in total. The molecule has 1 aromatic heterocycles. The molecule has 0 saturated heterocycles. The van der Waals surface area contributed by atoms with E-state index >= 15 is 0 Å². The summed E-state index contributed by atoms with van der Waals surface area (Å²) in [6.07, 6.45) is 0.674. The third-order valence-corrected chi connectivity index (χ3v) is 6.75. The Morgan fingerprint density at radius 3 is 2.39 bits per heavy atom. The first kappa shape index (κ1) is 22.1. The molecule has 0 radical (unpaired) electrons. The number of sulfonamides is 1. The van der Waals surface area contributed by atoms with Gasteiger partial charge in [-0.25, -0.2) is 17.9 Å². The molecule has 1 atom stereocenters. The Bertz CT molecular complexity index is 949. The number of amides is 1. The molecule has 0 fully saturated rings. The Morgan fingerprint density at radius 1 is 1.18 bits per heavy atom. The van der Waals surface area contributed by atoms with Gasteiger partial charge in [-0.3, -0.25) is 4.79 Å².